The van der Waals surface area contributed by atoms with Crippen molar-refractivity contribution >= 4 is 28.3 Å². The molecular weight excluding hydrogens is 274 g/mol. The first kappa shape index (κ1) is 12.9. The van der Waals surface area contributed by atoms with E-state index in [2.05, 4.69) is 4.98 Å². The normalized spacial score (nSPS) is 12.5. The van der Waals surface area contributed by atoms with Crippen molar-refractivity contribution in [2.45, 2.75) is 6.10 Å². The number of para-hydroxylation sites is 1. The first-order valence-electron chi connectivity index (χ1n) is 6.20. The Morgan fingerprint density at radius 2 is 1.80 bits per heavy atom. The summed E-state index contributed by atoms with van der Waals surface area (Å²) in [6.45, 7) is 0. The summed E-state index contributed by atoms with van der Waals surface area (Å²) in [5, 5.41) is 11.6. The number of ketones is 1. The Morgan fingerprint density at radius 1 is 1.10 bits per heavy atom. The van der Waals surface area contributed by atoms with E-state index in [9.17, 15) is 9.90 Å². The quantitative estimate of drug-likeness (QED) is 0.720. The molecule has 2 N–H and O–H groups in total. The lowest BCUT2D eigenvalue weighted by molar-refractivity contribution is 0.0749. The van der Waals surface area contributed by atoms with Crippen LogP contribution in [0.1, 0.15) is 22.0 Å². The molecule has 0 fully saturated rings. The molecule has 1 heterocycles. The van der Waals surface area contributed by atoms with Crippen LogP contribution < -0.4 is 0 Å². The van der Waals surface area contributed by atoms with Crippen LogP contribution in [0.4, 0.5) is 0 Å². The Labute approximate surface area is 120 Å². The van der Waals surface area contributed by atoms with E-state index in [4.69, 9.17) is 11.6 Å². The van der Waals surface area contributed by atoms with E-state index in [0.29, 0.717) is 16.1 Å². The van der Waals surface area contributed by atoms with Crippen LogP contribution in [-0.2, 0) is 0 Å². The van der Waals surface area contributed by atoms with E-state index in [0.717, 1.165) is 10.9 Å². The summed E-state index contributed by atoms with van der Waals surface area (Å²) in [5.41, 5.74) is 1.90. The lowest BCUT2D eigenvalue weighted by atomic mass is 10.00. The molecule has 1 aromatic heterocycles. The number of nitrogens with one attached hydrogen (secondary N) is 1. The molecule has 4 heteroatoms. The van der Waals surface area contributed by atoms with Crippen molar-refractivity contribution in [3.8, 4) is 0 Å². The Morgan fingerprint density at radius 3 is 2.55 bits per heavy atom. The highest BCUT2D eigenvalue weighted by Gasteiger charge is 2.21. The van der Waals surface area contributed by atoms with Crippen molar-refractivity contribution in [1.82, 2.24) is 4.98 Å². The summed E-state index contributed by atoms with van der Waals surface area (Å²) in [6.07, 6.45) is 0.443. The third-order valence-corrected chi connectivity index (χ3v) is 3.54. The van der Waals surface area contributed by atoms with Gasteiger partial charge in [0.15, 0.2) is 5.78 Å². The van der Waals surface area contributed by atoms with Crippen LogP contribution in [0, 0.1) is 0 Å². The predicted molar refractivity (Wildman–Crippen MR) is 79.0 cm³/mol. The molecule has 100 valence electrons. The average Bonchev–Trinajstić information content (AvgIpc) is 2.90. The molecule has 0 radical (unpaired) electrons. The second-order valence-electron chi connectivity index (χ2n) is 4.57. The summed E-state index contributed by atoms with van der Waals surface area (Å²) in [7, 11) is 0. The average molecular weight is 286 g/mol. The van der Waals surface area contributed by atoms with E-state index < -0.39 is 6.10 Å². The number of benzene rings is 2. The molecule has 0 aliphatic rings. The van der Waals surface area contributed by atoms with Crippen LogP contribution in [0.25, 0.3) is 10.9 Å². The van der Waals surface area contributed by atoms with Crippen molar-refractivity contribution in [3.63, 3.8) is 0 Å². The molecule has 0 amide bonds. The molecule has 3 rings (SSSR count). The number of carbonyl (C=O) groups excluding carboxylic acids is 1. The number of aromatic amines is 1. The number of aromatic nitrogens is 1. The van der Waals surface area contributed by atoms with Gasteiger partial charge in [-0.1, -0.05) is 41.9 Å². The zero-order valence-electron chi connectivity index (χ0n) is 10.5. The maximum atomic E-state index is 12.4. The number of Topliss-reactive ketones (excluding diaryl/α,β-unsaturated/α-hetero) is 1. The molecule has 2 aromatic carbocycles. The molecular formula is C16H12ClNO2. The van der Waals surface area contributed by atoms with Gasteiger partial charge in [-0.15, -0.1) is 0 Å². The van der Waals surface area contributed by atoms with Gasteiger partial charge in [0.2, 0.25) is 0 Å². The Balaban J connectivity index is 1.97. The van der Waals surface area contributed by atoms with Gasteiger partial charge in [-0.25, -0.2) is 0 Å². The Kier molecular flexibility index (Phi) is 3.30. The molecule has 3 nitrogen and oxygen atoms in total. The smallest absolute Gasteiger partial charge is 0.197 e. The molecule has 0 saturated carbocycles. The van der Waals surface area contributed by atoms with E-state index in [1.807, 2.05) is 24.3 Å². The molecule has 20 heavy (non-hydrogen) atoms. The molecule has 0 unspecified atom stereocenters. The summed E-state index contributed by atoms with van der Waals surface area (Å²) in [4.78, 5) is 15.4. The van der Waals surface area contributed by atoms with Gasteiger partial charge in [-0.2, -0.15) is 0 Å². The number of hydrogen-bond acceptors (Lipinski definition) is 2. The monoisotopic (exact) mass is 285 g/mol. The zero-order chi connectivity index (χ0) is 14.1. The molecule has 0 saturated heterocycles. The topological polar surface area (TPSA) is 53.1 Å². The minimum Gasteiger partial charge on any atom is -0.380 e. The van der Waals surface area contributed by atoms with E-state index in [-0.39, 0.29) is 5.78 Å². The van der Waals surface area contributed by atoms with Crippen molar-refractivity contribution in [1.29, 1.82) is 0 Å². The first-order valence-corrected chi connectivity index (χ1v) is 6.58. The van der Waals surface area contributed by atoms with Crippen LogP contribution in [-0.4, -0.2) is 15.9 Å². The lowest BCUT2D eigenvalue weighted by Gasteiger charge is -2.09. The standard InChI is InChI=1S/C16H12ClNO2/c17-11-7-5-10(6-8-11)15(19)16(20)13-9-18-14-4-2-1-3-12(13)14/h1-9,15,18-19H/t15-/m0/s1. The Hall–Kier alpha value is -2.10. The van der Waals surface area contributed by atoms with Crippen LogP contribution in [0.2, 0.25) is 5.02 Å². The minimum atomic E-state index is -1.19. The molecule has 0 bridgehead atoms. The van der Waals surface area contributed by atoms with Crippen molar-refractivity contribution in [2.75, 3.05) is 0 Å². The largest absolute Gasteiger partial charge is 0.380 e. The number of aliphatic hydroxyl groups excluding tert-OH is 1. The highest BCUT2D eigenvalue weighted by Crippen LogP contribution is 2.25. The van der Waals surface area contributed by atoms with Crippen LogP contribution in [0.3, 0.4) is 0 Å². The van der Waals surface area contributed by atoms with Gasteiger partial charge >= 0.3 is 0 Å². The van der Waals surface area contributed by atoms with E-state index >= 15 is 0 Å². The number of carbonyl (C=O) groups is 1. The highest BCUT2D eigenvalue weighted by atomic mass is 35.5. The summed E-state index contributed by atoms with van der Waals surface area (Å²) in [5.74, 6) is -0.329. The second-order valence-corrected chi connectivity index (χ2v) is 5.00. The predicted octanol–water partition coefficient (Wildman–Crippen LogP) is 3.74. The summed E-state index contributed by atoms with van der Waals surface area (Å²) in [6, 6.07) is 14.1. The fourth-order valence-corrected chi connectivity index (χ4v) is 2.35. The van der Waals surface area contributed by atoms with Gasteiger partial charge in [-0.05, 0) is 23.8 Å². The van der Waals surface area contributed by atoms with Crippen molar-refractivity contribution in [3.05, 3.63) is 70.9 Å². The van der Waals surface area contributed by atoms with Crippen molar-refractivity contribution in [2.24, 2.45) is 0 Å². The molecule has 3 aromatic rings. The third kappa shape index (κ3) is 2.22. The number of hydrogen-bond donors (Lipinski definition) is 2. The van der Waals surface area contributed by atoms with Gasteiger partial charge in [0.05, 0.1) is 0 Å². The first-order chi connectivity index (χ1) is 9.66. The molecule has 0 aliphatic heterocycles. The van der Waals surface area contributed by atoms with Crippen LogP contribution >= 0.6 is 11.6 Å². The van der Waals surface area contributed by atoms with Gasteiger partial charge in [0.1, 0.15) is 6.10 Å². The van der Waals surface area contributed by atoms with Crippen LogP contribution in [0.15, 0.2) is 54.7 Å². The number of halogens is 1. The maximum Gasteiger partial charge on any atom is 0.197 e. The highest BCUT2D eigenvalue weighted by molar-refractivity contribution is 6.30. The Bertz CT molecular complexity index is 762. The third-order valence-electron chi connectivity index (χ3n) is 3.29. The van der Waals surface area contributed by atoms with E-state index in [1.165, 1.54) is 0 Å². The van der Waals surface area contributed by atoms with Gasteiger partial charge in [0.25, 0.3) is 0 Å². The minimum absolute atomic E-state index is 0.329. The van der Waals surface area contributed by atoms with E-state index in [1.54, 1.807) is 30.5 Å². The number of aliphatic hydroxyl groups is 1. The fraction of sp³-hybridized carbons (Fsp3) is 0.0625. The van der Waals surface area contributed by atoms with Gasteiger partial charge < -0.3 is 10.1 Å². The number of fused-ring (bicyclic) bond motifs is 1. The second kappa shape index (κ2) is 5.12. The SMILES string of the molecule is O=C(c1c[nH]c2ccccc12)[C@@H](O)c1ccc(Cl)cc1. The number of rotatable bonds is 3. The number of H-pyrrole nitrogens is 1. The van der Waals surface area contributed by atoms with Gasteiger partial charge in [-0.3, -0.25) is 4.79 Å². The summed E-state index contributed by atoms with van der Waals surface area (Å²) < 4.78 is 0. The molecule has 0 aliphatic carbocycles. The lowest BCUT2D eigenvalue weighted by Crippen LogP contribution is -2.11. The fourth-order valence-electron chi connectivity index (χ4n) is 2.22. The zero-order valence-corrected chi connectivity index (χ0v) is 11.3. The summed E-state index contributed by atoms with van der Waals surface area (Å²) >= 11 is 5.80. The van der Waals surface area contributed by atoms with Crippen molar-refractivity contribution < 1.29 is 9.90 Å². The van der Waals surface area contributed by atoms with Crippen LogP contribution in [0.5, 0.6) is 0 Å². The molecule has 1 atom stereocenters. The van der Waals surface area contributed by atoms with Gasteiger partial charge in [0, 0.05) is 27.7 Å². The maximum absolute atomic E-state index is 12.4. The molecule has 0 spiro atoms.